The zero-order valence-corrected chi connectivity index (χ0v) is 17.7. The minimum absolute atomic E-state index is 1.14. The average molecular weight is 398 g/mol. The van der Waals surface area contributed by atoms with Gasteiger partial charge in [-0.05, 0) is 29.3 Å². The molecule has 0 bridgehead atoms. The highest BCUT2D eigenvalue weighted by molar-refractivity contribution is 9.10. The summed E-state index contributed by atoms with van der Waals surface area (Å²) in [7, 11) is 11.3. The van der Waals surface area contributed by atoms with Gasteiger partial charge in [-0.15, -0.1) is 27.7 Å². The van der Waals surface area contributed by atoms with Gasteiger partial charge >= 0.3 is 0 Å². The van der Waals surface area contributed by atoms with E-state index >= 15 is 0 Å². The fourth-order valence-electron chi connectivity index (χ4n) is 3.87. The molecule has 1 heterocycles. The van der Waals surface area contributed by atoms with E-state index in [0.29, 0.717) is 0 Å². The van der Waals surface area contributed by atoms with Gasteiger partial charge in [-0.3, -0.25) is 0 Å². The van der Waals surface area contributed by atoms with Crippen LogP contribution in [0.4, 0.5) is 0 Å². The maximum Gasteiger partial charge on any atom is 0.139 e. The Hall–Kier alpha value is -1.32. The third-order valence-corrected chi connectivity index (χ3v) is 7.44. The van der Waals surface area contributed by atoms with Crippen LogP contribution in [-0.4, -0.2) is 39.2 Å². The molecular weight excluding hydrogens is 382 g/mol. The van der Waals surface area contributed by atoms with Gasteiger partial charge < -0.3 is 0 Å². The molecule has 25 heavy (non-hydrogen) atoms. The van der Waals surface area contributed by atoms with E-state index in [-0.39, 0.29) is 0 Å². The van der Waals surface area contributed by atoms with Crippen molar-refractivity contribution in [3.05, 3.63) is 40.9 Å². The van der Waals surface area contributed by atoms with Crippen LogP contribution in [0.3, 0.4) is 0 Å². The molecule has 3 aromatic carbocycles. The van der Waals surface area contributed by atoms with E-state index in [1.807, 2.05) is 11.3 Å². The lowest BCUT2D eigenvalue weighted by Gasteiger charge is -2.20. The summed E-state index contributed by atoms with van der Waals surface area (Å²) in [6.45, 7) is 0. The standard InChI is InChI=1S/C18H16B5BrS/c19-13-12(14(20)16(22)17(23)15(13)21)9-3-1-2-8-10-6-7(24)4-5-11(10)25-18(8)9/h1-6H,19-23H2. The molecule has 0 aliphatic carbocycles. The lowest BCUT2D eigenvalue weighted by atomic mass is 9.59. The van der Waals surface area contributed by atoms with E-state index in [1.54, 1.807) is 0 Å². The van der Waals surface area contributed by atoms with Crippen molar-refractivity contribution in [2.24, 2.45) is 0 Å². The molecule has 0 spiro atoms. The molecule has 0 fully saturated rings. The largest absolute Gasteiger partial charge is 0.139 e. The summed E-state index contributed by atoms with van der Waals surface area (Å²) in [5.41, 5.74) is 9.86. The Kier molecular flexibility index (Phi) is 4.20. The molecule has 4 rings (SSSR count). The molecule has 0 atom stereocenters. The Bertz CT molecular complexity index is 1140. The molecular formula is C18H16B5BrS. The van der Waals surface area contributed by atoms with Gasteiger partial charge in [0.2, 0.25) is 0 Å². The molecule has 116 valence electrons. The number of halogens is 1. The summed E-state index contributed by atoms with van der Waals surface area (Å²) in [6, 6.07) is 13.3. The molecule has 0 amide bonds. The second-order valence-corrected chi connectivity index (χ2v) is 8.89. The predicted molar refractivity (Wildman–Crippen MR) is 133 cm³/mol. The van der Waals surface area contributed by atoms with Crippen molar-refractivity contribution in [3.63, 3.8) is 0 Å². The minimum atomic E-state index is 1.14. The Labute approximate surface area is 165 Å². The highest BCUT2D eigenvalue weighted by Crippen LogP contribution is 2.39. The molecule has 0 saturated heterocycles. The molecule has 0 N–H and O–H groups in total. The second kappa shape index (κ2) is 6.14. The second-order valence-electron chi connectivity index (χ2n) is 6.92. The van der Waals surface area contributed by atoms with E-state index in [0.717, 1.165) is 4.47 Å². The van der Waals surface area contributed by atoms with Crippen LogP contribution in [0.2, 0.25) is 0 Å². The van der Waals surface area contributed by atoms with Gasteiger partial charge in [0, 0.05) is 24.6 Å². The van der Waals surface area contributed by atoms with Gasteiger partial charge in [0.25, 0.3) is 0 Å². The summed E-state index contributed by atoms with van der Waals surface area (Å²) >= 11 is 5.53. The number of benzene rings is 3. The predicted octanol–water partition coefficient (Wildman–Crippen LogP) is -2.22. The van der Waals surface area contributed by atoms with Gasteiger partial charge in [0.15, 0.2) is 0 Å². The van der Waals surface area contributed by atoms with Crippen LogP contribution >= 0.6 is 27.3 Å². The lowest BCUT2D eigenvalue weighted by Crippen LogP contribution is -2.55. The smallest absolute Gasteiger partial charge is 0.135 e. The number of thiophene rings is 1. The monoisotopic (exact) mass is 398 g/mol. The van der Waals surface area contributed by atoms with E-state index in [2.05, 4.69) is 91.6 Å². The first-order valence-electron chi connectivity index (χ1n) is 8.58. The molecule has 0 saturated carbocycles. The van der Waals surface area contributed by atoms with E-state index in [4.69, 9.17) is 0 Å². The van der Waals surface area contributed by atoms with Crippen molar-refractivity contribution in [1.82, 2.24) is 0 Å². The molecule has 0 aliphatic heterocycles. The Balaban J connectivity index is 2.15. The summed E-state index contributed by atoms with van der Waals surface area (Å²) in [5, 5.41) is 2.69. The highest BCUT2D eigenvalue weighted by atomic mass is 79.9. The molecule has 0 radical (unpaired) electrons. The van der Waals surface area contributed by atoms with Crippen LogP contribution in [0.5, 0.6) is 0 Å². The van der Waals surface area contributed by atoms with E-state index in [1.165, 1.54) is 58.6 Å². The van der Waals surface area contributed by atoms with Crippen LogP contribution in [0.1, 0.15) is 0 Å². The number of fused-ring (bicyclic) bond motifs is 3. The normalized spacial score (nSPS) is 11.4. The SMILES string of the molecule is Bc1c(B)c(B)c(-c2cccc3c2sc2ccc(Br)cc23)c(B)c1B. The van der Waals surface area contributed by atoms with Crippen molar-refractivity contribution >= 4 is 114 Å². The van der Waals surface area contributed by atoms with Crippen LogP contribution in [0.15, 0.2) is 40.9 Å². The topological polar surface area (TPSA) is 0 Å². The molecule has 4 aromatic rings. The molecule has 0 aliphatic rings. The maximum absolute atomic E-state index is 3.62. The van der Waals surface area contributed by atoms with Gasteiger partial charge in [0.1, 0.15) is 39.2 Å². The van der Waals surface area contributed by atoms with Gasteiger partial charge in [0.05, 0.1) is 0 Å². The van der Waals surface area contributed by atoms with Crippen LogP contribution in [-0.2, 0) is 0 Å². The Morgan fingerprint density at radius 2 is 1.36 bits per heavy atom. The maximum atomic E-state index is 3.62. The molecule has 0 nitrogen and oxygen atoms in total. The van der Waals surface area contributed by atoms with Crippen LogP contribution in [0.25, 0.3) is 31.3 Å². The van der Waals surface area contributed by atoms with Crippen LogP contribution in [0, 0.1) is 0 Å². The quantitative estimate of drug-likeness (QED) is 0.319. The fourth-order valence-corrected chi connectivity index (χ4v) is 5.44. The number of hydrogen-bond acceptors (Lipinski definition) is 1. The first-order valence-corrected chi connectivity index (χ1v) is 10.2. The third kappa shape index (κ3) is 2.55. The summed E-state index contributed by atoms with van der Waals surface area (Å²) in [5.74, 6) is 0. The zero-order chi connectivity index (χ0) is 17.9. The number of rotatable bonds is 1. The Morgan fingerprint density at radius 3 is 2.04 bits per heavy atom. The minimum Gasteiger partial charge on any atom is -0.135 e. The Morgan fingerprint density at radius 1 is 0.720 bits per heavy atom. The van der Waals surface area contributed by atoms with Crippen molar-refractivity contribution in [1.29, 1.82) is 0 Å². The number of hydrogen-bond donors (Lipinski definition) is 0. The van der Waals surface area contributed by atoms with Crippen molar-refractivity contribution in [2.75, 3.05) is 0 Å². The first kappa shape index (κ1) is 17.1. The fraction of sp³-hybridized carbons (Fsp3) is 0. The van der Waals surface area contributed by atoms with Gasteiger partial charge in [-0.2, -0.15) is 0 Å². The summed E-state index contributed by atoms with van der Waals surface area (Å²) < 4.78 is 3.88. The summed E-state index contributed by atoms with van der Waals surface area (Å²) in [6.07, 6.45) is 0. The lowest BCUT2D eigenvalue weighted by molar-refractivity contribution is 1.77. The van der Waals surface area contributed by atoms with Crippen LogP contribution < -0.4 is 27.3 Å². The van der Waals surface area contributed by atoms with E-state index < -0.39 is 0 Å². The molecule has 7 heteroatoms. The van der Waals surface area contributed by atoms with Crippen molar-refractivity contribution in [3.8, 4) is 11.1 Å². The van der Waals surface area contributed by atoms with Gasteiger partial charge in [-0.25, -0.2) is 0 Å². The summed E-state index contributed by atoms with van der Waals surface area (Å²) in [4.78, 5) is 0. The average Bonchev–Trinajstić information content (AvgIpc) is 2.97. The first-order chi connectivity index (χ1) is 11.9. The van der Waals surface area contributed by atoms with Crippen molar-refractivity contribution in [2.45, 2.75) is 0 Å². The highest BCUT2D eigenvalue weighted by Gasteiger charge is 2.16. The van der Waals surface area contributed by atoms with Crippen molar-refractivity contribution < 1.29 is 0 Å². The molecule has 0 unspecified atom stereocenters. The third-order valence-electron chi connectivity index (χ3n) is 5.73. The zero-order valence-electron chi connectivity index (χ0n) is 15.3. The van der Waals surface area contributed by atoms with Gasteiger partial charge in [-0.1, -0.05) is 45.1 Å². The molecule has 1 aromatic heterocycles. The van der Waals surface area contributed by atoms with E-state index in [9.17, 15) is 0 Å².